The maximum Gasteiger partial charge on any atom is 0.319 e. The van der Waals surface area contributed by atoms with Crippen LogP contribution in [-0.4, -0.2) is 65.0 Å². The van der Waals surface area contributed by atoms with Gasteiger partial charge in [-0.1, -0.05) is 31.9 Å². The number of aromatic nitrogens is 2. The number of piperazine rings is 1. The number of fused-ring (bicyclic) bond motifs is 2. The molecule has 4 aromatic rings. The van der Waals surface area contributed by atoms with Gasteiger partial charge in [-0.3, -0.25) is 0 Å². The lowest BCUT2D eigenvalue weighted by Crippen LogP contribution is -2.49. The number of terminal acetylenes is 1. The molecule has 1 aliphatic carbocycles. The Morgan fingerprint density at radius 1 is 1.19 bits per heavy atom. The fourth-order valence-electron chi connectivity index (χ4n) is 5.52. The van der Waals surface area contributed by atoms with Crippen LogP contribution in [0.2, 0.25) is 0 Å². The highest BCUT2D eigenvalue weighted by Crippen LogP contribution is 2.60. The van der Waals surface area contributed by atoms with Crippen LogP contribution in [0.4, 0.5) is 23.4 Å². The molecule has 2 fully saturated rings. The first-order valence-corrected chi connectivity index (χ1v) is 14.1. The van der Waals surface area contributed by atoms with Gasteiger partial charge in [0.1, 0.15) is 29.5 Å². The molecular weight excluding hydrogens is 564 g/mol. The molecule has 226 valence electrons. The number of rotatable bonds is 6. The van der Waals surface area contributed by atoms with E-state index >= 15 is 8.78 Å². The van der Waals surface area contributed by atoms with Crippen molar-refractivity contribution >= 4 is 27.5 Å². The lowest BCUT2D eigenvalue weighted by molar-refractivity contribution is 0.0126. The van der Waals surface area contributed by atoms with Crippen molar-refractivity contribution in [2.45, 2.75) is 39.2 Å². The molecule has 43 heavy (non-hydrogen) atoms. The third-order valence-electron chi connectivity index (χ3n) is 7.89. The zero-order valence-corrected chi connectivity index (χ0v) is 24.0. The summed E-state index contributed by atoms with van der Waals surface area (Å²) in [6.07, 6.45) is 5.13. The smallest absolute Gasteiger partial charge is 0.319 e. The Morgan fingerprint density at radius 2 is 1.93 bits per heavy atom. The van der Waals surface area contributed by atoms with Crippen LogP contribution in [0, 0.1) is 29.4 Å². The highest BCUT2D eigenvalue weighted by atomic mass is 19.3. The van der Waals surface area contributed by atoms with Crippen LogP contribution in [0.1, 0.15) is 32.8 Å². The molecular formula is C32H32F4N4O3. The lowest BCUT2D eigenvalue weighted by Gasteiger charge is -2.33. The highest BCUT2D eigenvalue weighted by Gasteiger charge is 2.71. The number of aliphatic hydroxyl groups is 1. The average Bonchev–Trinajstić information content (AvgIpc) is 3.56. The monoisotopic (exact) mass is 596 g/mol. The molecule has 2 atom stereocenters. The molecule has 2 aliphatic rings. The van der Waals surface area contributed by atoms with Crippen LogP contribution in [0.15, 0.2) is 36.4 Å². The Balaban J connectivity index is 0.00000180. The van der Waals surface area contributed by atoms with E-state index in [9.17, 15) is 19.0 Å². The van der Waals surface area contributed by atoms with Crippen molar-refractivity contribution in [3.8, 4) is 35.2 Å². The van der Waals surface area contributed by atoms with Crippen LogP contribution >= 0.6 is 0 Å². The third kappa shape index (κ3) is 5.30. The van der Waals surface area contributed by atoms with E-state index in [0.717, 1.165) is 6.07 Å². The van der Waals surface area contributed by atoms with Crippen LogP contribution in [-0.2, 0) is 0 Å². The van der Waals surface area contributed by atoms with Crippen molar-refractivity contribution in [3.63, 3.8) is 0 Å². The summed E-state index contributed by atoms with van der Waals surface area (Å²) in [4.78, 5) is 10.4. The number of phenols is 1. The van der Waals surface area contributed by atoms with Crippen LogP contribution in [0.3, 0.4) is 0 Å². The van der Waals surface area contributed by atoms with Gasteiger partial charge in [0.15, 0.2) is 5.82 Å². The van der Waals surface area contributed by atoms with Gasteiger partial charge in [0.05, 0.1) is 17.6 Å². The van der Waals surface area contributed by atoms with Gasteiger partial charge in [0.2, 0.25) is 0 Å². The summed E-state index contributed by atoms with van der Waals surface area (Å²) in [5.74, 6) is -2.59. The molecule has 3 N–H and O–H groups in total. The van der Waals surface area contributed by atoms with E-state index in [2.05, 4.69) is 21.2 Å². The van der Waals surface area contributed by atoms with E-state index in [0.29, 0.717) is 36.0 Å². The number of hydrogen-bond donors (Lipinski definition) is 3. The summed E-state index contributed by atoms with van der Waals surface area (Å²) in [7, 11) is 0. The predicted octanol–water partition coefficient (Wildman–Crippen LogP) is 5.64. The van der Waals surface area contributed by atoms with Crippen molar-refractivity contribution in [2.75, 3.05) is 37.7 Å². The normalized spacial score (nSPS) is 20.8. The van der Waals surface area contributed by atoms with Gasteiger partial charge in [0, 0.05) is 54.0 Å². The minimum absolute atomic E-state index is 0.0285. The molecule has 1 saturated heterocycles. The number of benzene rings is 3. The summed E-state index contributed by atoms with van der Waals surface area (Å²) in [5.41, 5.74) is -2.12. The van der Waals surface area contributed by atoms with Crippen molar-refractivity contribution in [3.05, 3.63) is 53.6 Å². The predicted molar refractivity (Wildman–Crippen MR) is 158 cm³/mol. The number of nitrogens with one attached hydrogen (secondary N) is 1. The van der Waals surface area contributed by atoms with Gasteiger partial charge in [-0.25, -0.2) is 17.6 Å². The standard InChI is InChI=1S/C30H26F4N4O3.C2H6/c1-3-17-5-4-6-18-9-19(40)10-20(23(17)18)24-22(31)11-21-26(25(24)32)36-28(41-15-29(14-39)13-30(29,33)34)37-27(21)38-8-7-35-16(2)12-38;1-2/h1,4-6,9-11,16,35,39-40H,7-8,12-15H2,2H3;1-2H3/t16?,29-;/m1./s1. The lowest BCUT2D eigenvalue weighted by atomic mass is 9.93. The van der Waals surface area contributed by atoms with E-state index in [1.807, 2.05) is 25.7 Å². The highest BCUT2D eigenvalue weighted by molar-refractivity contribution is 6.04. The molecule has 3 aromatic carbocycles. The molecule has 6 rings (SSSR count). The number of nitrogens with zero attached hydrogens (tertiary/aromatic N) is 3. The van der Waals surface area contributed by atoms with Crippen LogP contribution in [0.25, 0.3) is 32.8 Å². The summed E-state index contributed by atoms with van der Waals surface area (Å²) < 4.78 is 65.9. The Labute approximate surface area is 246 Å². The van der Waals surface area contributed by atoms with Crippen molar-refractivity contribution in [1.29, 1.82) is 0 Å². The van der Waals surface area contributed by atoms with E-state index in [-0.39, 0.29) is 40.1 Å². The fraction of sp³-hybridized carbons (Fsp3) is 0.375. The fourth-order valence-corrected chi connectivity index (χ4v) is 5.52. The molecule has 2 heterocycles. The molecule has 0 spiro atoms. The molecule has 7 nitrogen and oxygen atoms in total. The average molecular weight is 597 g/mol. The summed E-state index contributed by atoms with van der Waals surface area (Å²) in [5, 5.41) is 24.2. The topological polar surface area (TPSA) is 90.7 Å². The Morgan fingerprint density at radius 3 is 2.58 bits per heavy atom. The number of aliphatic hydroxyl groups excluding tert-OH is 1. The number of phenolic OH excluding ortho intramolecular Hbond substituents is 1. The van der Waals surface area contributed by atoms with Gasteiger partial charge in [0.25, 0.3) is 5.92 Å². The number of anilines is 1. The third-order valence-corrected chi connectivity index (χ3v) is 7.89. The molecule has 1 saturated carbocycles. The zero-order valence-electron chi connectivity index (χ0n) is 24.0. The second kappa shape index (κ2) is 11.5. The Bertz CT molecular complexity index is 1740. The number of alkyl halides is 2. The van der Waals surface area contributed by atoms with Crippen molar-refractivity contribution < 1.29 is 32.5 Å². The van der Waals surface area contributed by atoms with Gasteiger partial charge in [-0.2, -0.15) is 9.97 Å². The van der Waals surface area contributed by atoms with Crippen LogP contribution in [0.5, 0.6) is 11.8 Å². The molecule has 0 bridgehead atoms. The summed E-state index contributed by atoms with van der Waals surface area (Å²) in [6.45, 7) is 6.05. The molecule has 1 aliphatic heterocycles. The number of aromatic hydroxyl groups is 1. The SMILES string of the molecule is C#Cc1cccc2cc(O)cc(-c3c(F)cc4c(N5CCNC(C)C5)nc(OC[C@]5(CO)CC5(F)F)nc4c3F)c12.CC. The van der Waals surface area contributed by atoms with E-state index < -0.39 is 48.2 Å². The number of hydrogen-bond acceptors (Lipinski definition) is 7. The first-order valence-electron chi connectivity index (χ1n) is 14.1. The van der Waals surface area contributed by atoms with Crippen LogP contribution < -0.4 is 15.0 Å². The molecule has 0 amide bonds. The Hall–Kier alpha value is -4.14. The second-order valence-corrected chi connectivity index (χ2v) is 10.7. The van der Waals surface area contributed by atoms with Gasteiger partial charge >= 0.3 is 6.01 Å². The minimum Gasteiger partial charge on any atom is -0.508 e. The maximum atomic E-state index is 16.5. The second-order valence-electron chi connectivity index (χ2n) is 10.7. The minimum atomic E-state index is -3.11. The van der Waals surface area contributed by atoms with E-state index in [4.69, 9.17) is 11.2 Å². The number of ether oxygens (including phenoxy) is 1. The van der Waals surface area contributed by atoms with E-state index in [1.54, 1.807) is 18.2 Å². The largest absolute Gasteiger partial charge is 0.508 e. The molecule has 1 unspecified atom stereocenters. The van der Waals surface area contributed by atoms with Gasteiger partial charge in [-0.05, 0) is 36.6 Å². The molecule has 0 radical (unpaired) electrons. The quantitative estimate of drug-likeness (QED) is 0.196. The molecule has 1 aromatic heterocycles. The van der Waals surface area contributed by atoms with Crippen molar-refractivity contribution in [1.82, 2.24) is 15.3 Å². The maximum absolute atomic E-state index is 16.5. The first kappa shape index (κ1) is 30.3. The zero-order chi connectivity index (χ0) is 31.1. The number of halogens is 4. The van der Waals surface area contributed by atoms with Gasteiger partial charge < -0.3 is 25.2 Å². The first-order chi connectivity index (χ1) is 20.6. The van der Waals surface area contributed by atoms with Crippen molar-refractivity contribution in [2.24, 2.45) is 5.41 Å². The van der Waals surface area contributed by atoms with Gasteiger partial charge in [-0.15, -0.1) is 6.42 Å². The molecule has 11 heteroatoms. The summed E-state index contributed by atoms with van der Waals surface area (Å²) in [6, 6.07) is 8.42. The summed E-state index contributed by atoms with van der Waals surface area (Å²) >= 11 is 0. The Kier molecular flexibility index (Phi) is 8.11. The van der Waals surface area contributed by atoms with E-state index in [1.165, 1.54) is 12.1 Å².